The van der Waals surface area contributed by atoms with Crippen molar-refractivity contribution in [2.24, 2.45) is 7.05 Å². The normalized spacial score (nSPS) is 10.5. The summed E-state index contributed by atoms with van der Waals surface area (Å²) in [5.74, 6) is 0.622. The lowest BCUT2D eigenvalue weighted by Gasteiger charge is -1.99. The maximum Gasteiger partial charge on any atom is 0.322 e. The van der Waals surface area contributed by atoms with Crippen molar-refractivity contribution < 1.29 is 13.9 Å². The molecule has 2 aromatic heterocycles. The number of rotatable bonds is 4. The molecule has 0 aliphatic heterocycles. The highest BCUT2D eigenvalue weighted by Crippen LogP contribution is 2.22. The molecule has 0 radical (unpaired) electrons. The van der Waals surface area contributed by atoms with Crippen molar-refractivity contribution in [1.29, 1.82) is 0 Å². The predicted octanol–water partition coefficient (Wildman–Crippen LogP) is 1.73. The molecular formula is C14H13N5O3. The van der Waals surface area contributed by atoms with Gasteiger partial charge in [-0.15, -0.1) is 5.10 Å². The fourth-order valence-corrected chi connectivity index (χ4v) is 1.82. The molecule has 0 bridgehead atoms. The zero-order valence-electron chi connectivity index (χ0n) is 12.0. The van der Waals surface area contributed by atoms with E-state index in [-0.39, 0.29) is 11.7 Å². The number of ether oxygens (including phenoxy) is 1. The number of aryl methyl sites for hydroxylation is 1. The molecule has 22 heavy (non-hydrogen) atoms. The van der Waals surface area contributed by atoms with Crippen molar-refractivity contribution in [2.45, 2.75) is 0 Å². The van der Waals surface area contributed by atoms with Crippen LogP contribution in [0.25, 0.3) is 11.5 Å². The van der Waals surface area contributed by atoms with Gasteiger partial charge in [0.1, 0.15) is 5.75 Å². The minimum absolute atomic E-state index is 0.0153. The van der Waals surface area contributed by atoms with Gasteiger partial charge in [-0.05, 0) is 30.3 Å². The fourth-order valence-electron chi connectivity index (χ4n) is 1.82. The zero-order chi connectivity index (χ0) is 15.5. The molecule has 2 heterocycles. The highest BCUT2D eigenvalue weighted by atomic mass is 16.5. The zero-order valence-corrected chi connectivity index (χ0v) is 12.0. The Morgan fingerprint density at radius 3 is 2.64 bits per heavy atom. The van der Waals surface area contributed by atoms with Crippen LogP contribution >= 0.6 is 0 Å². The molecule has 0 aliphatic rings. The third kappa shape index (κ3) is 2.80. The van der Waals surface area contributed by atoms with Crippen LogP contribution in [0.3, 0.4) is 0 Å². The van der Waals surface area contributed by atoms with Crippen LogP contribution in [0, 0.1) is 0 Å². The second-order valence-corrected chi connectivity index (χ2v) is 4.47. The Labute approximate surface area is 125 Å². The summed E-state index contributed by atoms with van der Waals surface area (Å²) in [6, 6.07) is 8.75. The number of nitrogens with one attached hydrogen (secondary N) is 1. The van der Waals surface area contributed by atoms with E-state index in [0.29, 0.717) is 5.89 Å². The van der Waals surface area contributed by atoms with Crippen LogP contribution in [0.4, 0.5) is 6.01 Å². The first-order valence-electron chi connectivity index (χ1n) is 6.44. The minimum atomic E-state index is -0.412. The predicted molar refractivity (Wildman–Crippen MR) is 77.4 cm³/mol. The Morgan fingerprint density at radius 2 is 2.00 bits per heavy atom. The molecule has 112 valence electrons. The molecule has 0 atom stereocenters. The summed E-state index contributed by atoms with van der Waals surface area (Å²) in [5.41, 5.74) is 0.998. The number of carbonyl (C=O) groups excluding carboxylic acids is 1. The van der Waals surface area contributed by atoms with Gasteiger partial charge in [0.05, 0.1) is 7.11 Å². The molecule has 1 amide bonds. The number of hydrogen-bond acceptors (Lipinski definition) is 6. The molecule has 0 unspecified atom stereocenters. The van der Waals surface area contributed by atoms with Gasteiger partial charge in [0, 0.05) is 18.8 Å². The van der Waals surface area contributed by atoms with Crippen LogP contribution in [0.5, 0.6) is 5.75 Å². The van der Waals surface area contributed by atoms with Crippen molar-refractivity contribution in [3.8, 4) is 17.2 Å². The molecule has 3 aromatic rings. The SMILES string of the molecule is COc1ccc(-c2nnc(NC(=O)c3ccn(C)n3)o2)cc1. The van der Waals surface area contributed by atoms with E-state index in [9.17, 15) is 4.79 Å². The molecule has 0 saturated heterocycles. The second-order valence-electron chi connectivity index (χ2n) is 4.47. The van der Waals surface area contributed by atoms with Gasteiger partial charge in [-0.25, -0.2) is 0 Å². The average Bonchev–Trinajstić information content (AvgIpc) is 3.16. The lowest BCUT2D eigenvalue weighted by molar-refractivity contribution is 0.101. The number of carbonyl (C=O) groups is 1. The quantitative estimate of drug-likeness (QED) is 0.788. The second kappa shape index (κ2) is 5.68. The fraction of sp³-hybridized carbons (Fsp3) is 0.143. The highest BCUT2D eigenvalue weighted by Gasteiger charge is 2.14. The molecule has 8 heteroatoms. The Balaban J connectivity index is 1.74. The van der Waals surface area contributed by atoms with E-state index < -0.39 is 5.91 Å². The van der Waals surface area contributed by atoms with Crippen LogP contribution in [-0.4, -0.2) is 33.0 Å². The number of aromatic nitrogens is 4. The number of anilines is 1. The van der Waals surface area contributed by atoms with Crippen molar-refractivity contribution in [3.05, 3.63) is 42.2 Å². The van der Waals surface area contributed by atoms with Crippen molar-refractivity contribution >= 4 is 11.9 Å². The standard InChI is InChI=1S/C14H13N5O3/c1-19-8-7-11(18-19)12(20)15-14-17-16-13(22-14)9-3-5-10(21-2)6-4-9/h3-8H,1-2H3,(H,15,17,20). The smallest absolute Gasteiger partial charge is 0.322 e. The summed E-state index contributed by atoms with van der Waals surface area (Å²) in [6.45, 7) is 0. The van der Waals surface area contributed by atoms with Crippen molar-refractivity contribution in [3.63, 3.8) is 0 Å². The van der Waals surface area contributed by atoms with E-state index in [1.165, 1.54) is 4.68 Å². The first-order valence-corrected chi connectivity index (χ1v) is 6.44. The van der Waals surface area contributed by atoms with Gasteiger partial charge >= 0.3 is 6.01 Å². The monoisotopic (exact) mass is 299 g/mol. The summed E-state index contributed by atoms with van der Waals surface area (Å²) in [7, 11) is 3.32. The molecule has 1 aromatic carbocycles. The van der Waals surface area contributed by atoms with Gasteiger partial charge < -0.3 is 9.15 Å². The first kappa shape index (κ1) is 13.8. The lowest BCUT2D eigenvalue weighted by Crippen LogP contribution is -2.13. The number of methoxy groups -OCH3 is 1. The first-order chi connectivity index (χ1) is 10.7. The number of benzene rings is 1. The molecule has 0 aliphatic carbocycles. The van der Waals surface area contributed by atoms with Gasteiger partial charge in [-0.3, -0.25) is 14.8 Å². The topological polar surface area (TPSA) is 95.1 Å². The Bertz CT molecular complexity index is 791. The molecule has 0 spiro atoms. The third-order valence-corrected chi connectivity index (χ3v) is 2.93. The molecule has 3 rings (SSSR count). The van der Waals surface area contributed by atoms with Crippen LogP contribution < -0.4 is 10.1 Å². The minimum Gasteiger partial charge on any atom is -0.497 e. The average molecular weight is 299 g/mol. The molecule has 1 N–H and O–H groups in total. The third-order valence-electron chi connectivity index (χ3n) is 2.93. The van der Waals surface area contributed by atoms with Crippen LogP contribution in [0.2, 0.25) is 0 Å². The van der Waals surface area contributed by atoms with E-state index in [4.69, 9.17) is 9.15 Å². The number of nitrogens with zero attached hydrogens (tertiary/aromatic N) is 4. The summed E-state index contributed by atoms with van der Waals surface area (Å²) in [6.07, 6.45) is 1.67. The van der Waals surface area contributed by atoms with Gasteiger partial charge in [-0.2, -0.15) is 5.10 Å². The molecule has 0 fully saturated rings. The Hall–Kier alpha value is -3.16. The maximum absolute atomic E-state index is 11.9. The van der Waals surface area contributed by atoms with Gasteiger partial charge in [0.15, 0.2) is 5.69 Å². The highest BCUT2D eigenvalue weighted by molar-refractivity contribution is 6.01. The summed E-state index contributed by atoms with van der Waals surface area (Å²) < 4.78 is 12.0. The maximum atomic E-state index is 11.9. The lowest BCUT2D eigenvalue weighted by atomic mass is 10.2. The molecular weight excluding hydrogens is 286 g/mol. The molecule has 8 nitrogen and oxygen atoms in total. The van der Waals surface area contributed by atoms with Crippen molar-refractivity contribution in [1.82, 2.24) is 20.0 Å². The number of amides is 1. The largest absolute Gasteiger partial charge is 0.497 e. The number of hydrogen-bond donors (Lipinski definition) is 1. The van der Waals surface area contributed by atoms with Gasteiger partial charge in [0.2, 0.25) is 5.89 Å². The molecule has 0 saturated carbocycles. The van der Waals surface area contributed by atoms with E-state index in [0.717, 1.165) is 11.3 Å². The van der Waals surface area contributed by atoms with E-state index in [1.807, 2.05) is 0 Å². The van der Waals surface area contributed by atoms with E-state index in [1.54, 1.807) is 50.7 Å². The van der Waals surface area contributed by atoms with E-state index >= 15 is 0 Å². The van der Waals surface area contributed by atoms with Crippen LogP contribution in [0.1, 0.15) is 10.5 Å². The van der Waals surface area contributed by atoms with Gasteiger partial charge in [0.25, 0.3) is 5.91 Å². The van der Waals surface area contributed by atoms with Crippen LogP contribution in [0.15, 0.2) is 40.9 Å². The Kier molecular flexibility index (Phi) is 3.57. The van der Waals surface area contributed by atoms with Crippen molar-refractivity contribution in [2.75, 3.05) is 12.4 Å². The summed E-state index contributed by atoms with van der Waals surface area (Å²) in [4.78, 5) is 11.9. The summed E-state index contributed by atoms with van der Waals surface area (Å²) in [5, 5.41) is 14.2. The summed E-state index contributed by atoms with van der Waals surface area (Å²) >= 11 is 0. The van der Waals surface area contributed by atoms with E-state index in [2.05, 4.69) is 20.6 Å². The Morgan fingerprint density at radius 1 is 1.23 bits per heavy atom. The van der Waals surface area contributed by atoms with Crippen LogP contribution in [-0.2, 0) is 7.05 Å². The van der Waals surface area contributed by atoms with Gasteiger partial charge in [-0.1, -0.05) is 5.10 Å².